The van der Waals surface area contributed by atoms with Crippen molar-refractivity contribution in [2.24, 2.45) is 5.92 Å². The van der Waals surface area contributed by atoms with E-state index in [4.69, 9.17) is 4.74 Å². The first-order valence-corrected chi connectivity index (χ1v) is 7.77. The van der Waals surface area contributed by atoms with Crippen molar-refractivity contribution in [1.29, 1.82) is 0 Å². The molecule has 116 valence electrons. The van der Waals surface area contributed by atoms with Crippen LogP contribution >= 0.6 is 0 Å². The molecule has 1 saturated heterocycles. The number of carbonyl (C=O) groups excluding carboxylic acids is 1. The van der Waals surface area contributed by atoms with Gasteiger partial charge in [0.1, 0.15) is 5.75 Å². The Balaban J connectivity index is 1.99. The molecular weight excluding hydrogens is 264 g/mol. The highest BCUT2D eigenvalue weighted by atomic mass is 16.5. The monoisotopic (exact) mass is 290 g/mol. The van der Waals surface area contributed by atoms with E-state index in [-0.39, 0.29) is 17.9 Å². The van der Waals surface area contributed by atoms with Crippen LogP contribution in [0.25, 0.3) is 0 Å². The van der Waals surface area contributed by atoms with Gasteiger partial charge in [0.05, 0.1) is 6.10 Å². The number of benzene rings is 1. The zero-order chi connectivity index (χ0) is 15.4. The van der Waals surface area contributed by atoms with E-state index in [0.717, 1.165) is 36.4 Å². The van der Waals surface area contributed by atoms with Crippen LogP contribution in [0.3, 0.4) is 0 Å². The van der Waals surface area contributed by atoms with Crippen LogP contribution in [0.4, 0.5) is 5.69 Å². The summed E-state index contributed by atoms with van der Waals surface area (Å²) < 4.78 is 5.71. The van der Waals surface area contributed by atoms with E-state index >= 15 is 0 Å². The second-order valence-corrected chi connectivity index (χ2v) is 6.21. The summed E-state index contributed by atoms with van der Waals surface area (Å²) >= 11 is 0. The Morgan fingerprint density at radius 3 is 2.81 bits per heavy atom. The number of ether oxygens (including phenoxy) is 1. The molecule has 1 aliphatic rings. The largest absolute Gasteiger partial charge is 0.491 e. The first-order chi connectivity index (χ1) is 9.95. The van der Waals surface area contributed by atoms with Gasteiger partial charge in [-0.1, -0.05) is 0 Å². The number of nitrogens with one attached hydrogen (secondary N) is 2. The van der Waals surface area contributed by atoms with E-state index in [1.165, 1.54) is 0 Å². The summed E-state index contributed by atoms with van der Waals surface area (Å²) in [5.41, 5.74) is 1.89. The van der Waals surface area contributed by atoms with Gasteiger partial charge in [-0.05, 0) is 70.8 Å². The molecule has 1 aliphatic heterocycles. The fourth-order valence-electron chi connectivity index (χ4n) is 2.73. The van der Waals surface area contributed by atoms with Gasteiger partial charge in [0.15, 0.2) is 0 Å². The van der Waals surface area contributed by atoms with E-state index in [1.807, 2.05) is 39.0 Å². The second kappa shape index (κ2) is 6.94. The van der Waals surface area contributed by atoms with Crippen LogP contribution in [-0.2, 0) is 4.79 Å². The van der Waals surface area contributed by atoms with Crippen molar-refractivity contribution in [2.45, 2.75) is 52.7 Å². The molecule has 4 nitrogen and oxygen atoms in total. The Morgan fingerprint density at radius 1 is 1.43 bits per heavy atom. The Kier molecular flexibility index (Phi) is 5.23. The van der Waals surface area contributed by atoms with Crippen molar-refractivity contribution in [3.05, 3.63) is 23.8 Å². The number of hydrogen-bond donors (Lipinski definition) is 2. The van der Waals surface area contributed by atoms with Gasteiger partial charge < -0.3 is 15.4 Å². The van der Waals surface area contributed by atoms with Crippen LogP contribution in [0.15, 0.2) is 18.2 Å². The number of anilines is 1. The van der Waals surface area contributed by atoms with E-state index in [1.54, 1.807) is 0 Å². The molecule has 0 spiro atoms. The predicted molar refractivity (Wildman–Crippen MR) is 85.8 cm³/mol. The van der Waals surface area contributed by atoms with Crippen molar-refractivity contribution >= 4 is 11.6 Å². The normalized spacial score (nSPS) is 22.1. The third-order valence-electron chi connectivity index (χ3n) is 3.80. The fraction of sp³-hybridized carbons (Fsp3) is 0.588. The molecular formula is C17H26N2O2. The molecule has 0 saturated carbocycles. The first kappa shape index (κ1) is 15.8. The van der Waals surface area contributed by atoms with Gasteiger partial charge in [-0.15, -0.1) is 0 Å². The average molecular weight is 290 g/mol. The van der Waals surface area contributed by atoms with Crippen LogP contribution in [-0.4, -0.2) is 24.6 Å². The number of hydrogen-bond acceptors (Lipinski definition) is 3. The summed E-state index contributed by atoms with van der Waals surface area (Å²) in [7, 11) is 0. The lowest BCUT2D eigenvalue weighted by Gasteiger charge is -2.27. The lowest BCUT2D eigenvalue weighted by Crippen LogP contribution is -2.40. The molecule has 0 bridgehead atoms. The fourth-order valence-corrected chi connectivity index (χ4v) is 2.73. The number of piperidine rings is 1. The van der Waals surface area contributed by atoms with Crippen molar-refractivity contribution < 1.29 is 9.53 Å². The van der Waals surface area contributed by atoms with E-state index in [2.05, 4.69) is 17.6 Å². The van der Waals surface area contributed by atoms with Gasteiger partial charge in [-0.2, -0.15) is 0 Å². The predicted octanol–water partition coefficient (Wildman–Crippen LogP) is 3.11. The van der Waals surface area contributed by atoms with Gasteiger partial charge in [0, 0.05) is 17.6 Å². The number of rotatable bonds is 4. The van der Waals surface area contributed by atoms with Crippen LogP contribution < -0.4 is 15.4 Å². The zero-order valence-corrected chi connectivity index (χ0v) is 13.4. The molecule has 1 amide bonds. The Labute approximate surface area is 127 Å². The van der Waals surface area contributed by atoms with Gasteiger partial charge in [0.25, 0.3) is 0 Å². The van der Waals surface area contributed by atoms with Crippen LogP contribution in [0.1, 0.15) is 39.2 Å². The maximum absolute atomic E-state index is 12.3. The molecule has 0 unspecified atom stereocenters. The van der Waals surface area contributed by atoms with Gasteiger partial charge >= 0.3 is 0 Å². The van der Waals surface area contributed by atoms with E-state index < -0.39 is 0 Å². The molecule has 1 aromatic rings. The van der Waals surface area contributed by atoms with Crippen molar-refractivity contribution in [2.75, 3.05) is 11.9 Å². The molecule has 0 aliphatic carbocycles. The maximum atomic E-state index is 12.3. The summed E-state index contributed by atoms with van der Waals surface area (Å²) in [6.45, 7) is 9.06. The summed E-state index contributed by atoms with van der Waals surface area (Å²) in [5, 5.41) is 6.40. The highest BCUT2D eigenvalue weighted by Crippen LogP contribution is 2.24. The van der Waals surface area contributed by atoms with Crippen molar-refractivity contribution in [3.8, 4) is 5.75 Å². The molecule has 2 atom stereocenters. The van der Waals surface area contributed by atoms with Crippen molar-refractivity contribution in [1.82, 2.24) is 5.32 Å². The number of carbonyl (C=O) groups is 1. The molecule has 4 heteroatoms. The zero-order valence-electron chi connectivity index (χ0n) is 13.4. The van der Waals surface area contributed by atoms with Crippen LogP contribution in [0, 0.1) is 12.8 Å². The molecule has 2 N–H and O–H groups in total. The molecule has 21 heavy (non-hydrogen) atoms. The minimum Gasteiger partial charge on any atom is -0.491 e. The van der Waals surface area contributed by atoms with Crippen LogP contribution in [0.5, 0.6) is 5.75 Å². The average Bonchev–Trinajstić information content (AvgIpc) is 2.41. The molecule has 0 radical (unpaired) electrons. The first-order valence-electron chi connectivity index (χ1n) is 7.77. The minimum atomic E-state index is 0.105. The molecule has 1 heterocycles. The maximum Gasteiger partial charge on any atom is 0.227 e. The number of amides is 1. The Morgan fingerprint density at radius 2 is 2.19 bits per heavy atom. The quantitative estimate of drug-likeness (QED) is 0.896. The topological polar surface area (TPSA) is 50.4 Å². The molecule has 2 rings (SSSR count). The van der Waals surface area contributed by atoms with Gasteiger partial charge in [-0.3, -0.25) is 4.79 Å². The highest BCUT2D eigenvalue weighted by Gasteiger charge is 2.24. The van der Waals surface area contributed by atoms with E-state index in [9.17, 15) is 4.79 Å². The Hall–Kier alpha value is -1.55. The summed E-state index contributed by atoms with van der Waals surface area (Å²) in [6.07, 6.45) is 1.96. The lowest BCUT2D eigenvalue weighted by molar-refractivity contribution is -0.120. The molecule has 1 fully saturated rings. The summed E-state index contributed by atoms with van der Waals surface area (Å²) in [4.78, 5) is 12.3. The summed E-state index contributed by atoms with van der Waals surface area (Å²) in [6, 6.07) is 6.22. The van der Waals surface area contributed by atoms with Crippen molar-refractivity contribution in [3.63, 3.8) is 0 Å². The minimum absolute atomic E-state index is 0.105. The second-order valence-electron chi connectivity index (χ2n) is 6.21. The van der Waals surface area contributed by atoms with Crippen LogP contribution in [0.2, 0.25) is 0 Å². The molecule has 1 aromatic carbocycles. The van der Waals surface area contributed by atoms with Gasteiger partial charge in [-0.25, -0.2) is 0 Å². The SMILES string of the molecule is Cc1cc(NC(=O)[C@H]2CCN[C@@H](C)C2)ccc1OC(C)C. The van der Waals surface area contributed by atoms with Gasteiger partial charge in [0.2, 0.25) is 5.91 Å². The Bertz CT molecular complexity index is 500. The third-order valence-corrected chi connectivity index (χ3v) is 3.80. The number of aryl methyl sites for hydroxylation is 1. The lowest BCUT2D eigenvalue weighted by atomic mass is 9.92. The standard InChI is InChI=1S/C17H26N2O2/c1-11(2)21-16-6-5-15(9-12(16)3)19-17(20)14-7-8-18-13(4)10-14/h5-6,9,11,13-14,18H,7-8,10H2,1-4H3,(H,19,20)/t13-,14-/m0/s1. The summed E-state index contributed by atoms with van der Waals surface area (Å²) in [5.74, 6) is 1.10. The molecule has 0 aromatic heterocycles. The van der Waals surface area contributed by atoms with E-state index in [0.29, 0.717) is 6.04 Å². The third kappa shape index (κ3) is 4.46. The highest BCUT2D eigenvalue weighted by molar-refractivity contribution is 5.92. The smallest absolute Gasteiger partial charge is 0.227 e.